The van der Waals surface area contributed by atoms with Gasteiger partial charge in [0, 0.05) is 22.0 Å². The minimum Gasteiger partial charge on any atom is -0.342 e. The van der Waals surface area contributed by atoms with Gasteiger partial charge in [0.2, 0.25) is 0 Å². The number of rotatable bonds is 2. The summed E-state index contributed by atoms with van der Waals surface area (Å²) in [6, 6.07) is 10.7. The average Bonchev–Trinajstić information content (AvgIpc) is 2.86. The number of halogens is 2. The highest BCUT2D eigenvalue weighted by Crippen LogP contribution is 2.24. The van der Waals surface area contributed by atoms with E-state index < -0.39 is 0 Å². The summed E-state index contributed by atoms with van der Waals surface area (Å²) in [5.74, 6) is -0.200. The smallest absolute Gasteiger partial charge is 0.123 e. The summed E-state index contributed by atoms with van der Waals surface area (Å²) in [5, 5.41) is 0.924. The van der Waals surface area contributed by atoms with Crippen molar-refractivity contribution in [1.82, 2.24) is 4.57 Å². The zero-order valence-corrected chi connectivity index (χ0v) is 10.4. The number of aromatic nitrogens is 1. The number of fused-ring (bicyclic) bond motifs is 1. The molecule has 0 aliphatic rings. The Kier molecular flexibility index (Phi) is 2.65. The molecule has 0 bridgehead atoms. The van der Waals surface area contributed by atoms with E-state index in [9.17, 15) is 4.39 Å². The highest BCUT2D eigenvalue weighted by Gasteiger charge is 2.04. The second kappa shape index (κ2) is 4.17. The summed E-state index contributed by atoms with van der Waals surface area (Å²) in [7, 11) is 0. The predicted molar refractivity (Wildman–Crippen MR) is 70.3 cm³/mol. The minimum atomic E-state index is -0.200. The van der Waals surface area contributed by atoms with Crippen LogP contribution >= 0.6 is 22.9 Å². The Morgan fingerprint density at radius 3 is 2.82 bits per heavy atom. The number of hydrogen-bond acceptors (Lipinski definition) is 1. The van der Waals surface area contributed by atoms with Crippen LogP contribution in [-0.2, 0) is 6.54 Å². The molecule has 0 saturated carbocycles. The van der Waals surface area contributed by atoms with Gasteiger partial charge in [-0.2, -0.15) is 0 Å². The van der Waals surface area contributed by atoms with Crippen molar-refractivity contribution >= 4 is 33.8 Å². The molecule has 0 amide bonds. The fourth-order valence-electron chi connectivity index (χ4n) is 1.91. The normalized spacial score (nSPS) is 11.2. The quantitative estimate of drug-likeness (QED) is 0.641. The fraction of sp³-hybridized carbons (Fsp3) is 0.0769. The number of thiophene rings is 1. The Morgan fingerprint density at radius 1 is 1.18 bits per heavy atom. The van der Waals surface area contributed by atoms with E-state index >= 15 is 0 Å². The second-order valence-corrected chi connectivity index (χ2v) is 5.65. The van der Waals surface area contributed by atoms with Gasteiger partial charge in [-0.25, -0.2) is 4.39 Å². The third-order valence-electron chi connectivity index (χ3n) is 2.69. The lowest BCUT2D eigenvalue weighted by atomic mass is 10.2. The van der Waals surface area contributed by atoms with Gasteiger partial charge in [0.1, 0.15) is 5.82 Å². The third kappa shape index (κ3) is 2.08. The van der Waals surface area contributed by atoms with Gasteiger partial charge in [0.05, 0.1) is 10.9 Å². The first-order chi connectivity index (χ1) is 8.22. The average molecular weight is 266 g/mol. The molecular formula is C13H9ClFNS. The first kappa shape index (κ1) is 10.8. The summed E-state index contributed by atoms with van der Waals surface area (Å²) in [4.78, 5) is 1.19. The van der Waals surface area contributed by atoms with Crippen LogP contribution in [-0.4, -0.2) is 4.57 Å². The number of nitrogens with zero attached hydrogens (tertiary/aromatic N) is 1. The molecular weight excluding hydrogens is 257 g/mol. The Labute approximate surface area is 107 Å². The first-order valence-corrected chi connectivity index (χ1v) is 6.40. The van der Waals surface area contributed by atoms with E-state index in [0.717, 1.165) is 21.8 Å². The van der Waals surface area contributed by atoms with Gasteiger partial charge >= 0.3 is 0 Å². The van der Waals surface area contributed by atoms with Crippen LogP contribution in [0.3, 0.4) is 0 Å². The van der Waals surface area contributed by atoms with Gasteiger partial charge in [0.25, 0.3) is 0 Å². The van der Waals surface area contributed by atoms with Gasteiger partial charge in [-0.05, 0) is 36.4 Å². The molecule has 0 aliphatic heterocycles. The summed E-state index contributed by atoms with van der Waals surface area (Å²) < 4.78 is 15.9. The topological polar surface area (TPSA) is 4.93 Å². The lowest BCUT2D eigenvalue weighted by molar-refractivity contribution is 0.629. The molecule has 0 unspecified atom stereocenters. The second-order valence-electron chi connectivity index (χ2n) is 3.85. The maximum absolute atomic E-state index is 13.1. The molecule has 1 aromatic carbocycles. The van der Waals surface area contributed by atoms with Gasteiger partial charge in [-0.3, -0.25) is 0 Å². The van der Waals surface area contributed by atoms with Crippen molar-refractivity contribution in [2.75, 3.05) is 0 Å². The van der Waals surface area contributed by atoms with Gasteiger partial charge in [0.15, 0.2) is 0 Å². The van der Waals surface area contributed by atoms with Crippen molar-refractivity contribution in [3.8, 4) is 0 Å². The fourth-order valence-corrected chi connectivity index (χ4v) is 3.00. The van der Waals surface area contributed by atoms with Crippen molar-refractivity contribution < 1.29 is 4.39 Å². The molecule has 0 aliphatic carbocycles. The Balaban J connectivity index is 2.00. The molecule has 0 spiro atoms. The van der Waals surface area contributed by atoms with Crippen molar-refractivity contribution in [3.05, 3.63) is 57.6 Å². The molecule has 1 nitrogen and oxygen atoms in total. The first-order valence-electron chi connectivity index (χ1n) is 5.21. The van der Waals surface area contributed by atoms with Gasteiger partial charge in [-0.1, -0.05) is 11.6 Å². The molecule has 2 heterocycles. The summed E-state index contributed by atoms with van der Waals surface area (Å²) in [5.41, 5.74) is 1.04. The van der Waals surface area contributed by atoms with Crippen molar-refractivity contribution in [3.63, 3.8) is 0 Å². The van der Waals surface area contributed by atoms with Crippen LogP contribution in [0, 0.1) is 5.82 Å². The molecule has 0 radical (unpaired) electrons. The predicted octanol–water partition coefficient (Wildman–Crippen LogP) is 4.54. The van der Waals surface area contributed by atoms with Gasteiger partial charge < -0.3 is 4.57 Å². The molecule has 4 heteroatoms. The van der Waals surface area contributed by atoms with E-state index in [1.165, 1.54) is 10.9 Å². The number of benzene rings is 1. The van der Waals surface area contributed by atoms with E-state index in [2.05, 4.69) is 4.57 Å². The lowest BCUT2D eigenvalue weighted by Gasteiger charge is -2.03. The molecule has 0 N–H and O–H groups in total. The van der Waals surface area contributed by atoms with Crippen LogP contribution in [0.15, 0.2) is 42.6 Å². The molecule has 3 aromatic rings. The molecule has 0 atom stereocenters. The highest BCUT2D eigenvalue weighted by atomic mass is 35.5. The summed E-state index contributed by atoms with van der Waals surface area (Å²) in [6.07, 6.45) is 1.97. The number of hydrogen-bond donors (Lipinski definition) is 0. The maximum atomic E-state index is 13.1. The zero-order chi connectivity index (χ0) is 11.8. The SMILES string of the molecule is Fc1ccc2c(ccn2Cc2ccc(Cl)s2)c1. The molecule has 3 rings (SSSR count). The van der Waals surface area contributed by atoms with E-state index in [4.69, 9.17) is 11.6 Å². The van der Waals surface area contributed by atoms with Crippen molar-refractivity contribution in [1.29, 1.82) is 0 Å². The van der Waals surface area contributed by atoms with Crippen LogP contribution in [0.25, 0.3) is 10.9 Å². The monoisotopic (exact) mass is 265 g/mol. The Hall–Kier alpha value is -1.32. The van der Waals surface area contributed by atoms with E-state index in [-0.39, 0.29) is 5.82 Å². The largest absolute Gasteiger partial charge is 0.342 e. The Bertz CT molecular complexity index is 671. The molecule has 86 valence electrons. The van der Waals surface area contributed by atoms with E-state index in [1.807, 2.05) is 24.4 Å². The summed E-state index contributed by atoms with van der Waals surface area (Å²) in [6.45, 7) is 0.770. The lowest BCUT2D eigenvalue weighted by Crippen LogP contribution is -1.95. The van der Waals surface area contributed by atoms with E-state index in [0.29, 0.717) is 0 Å². The molecule has 17 heavy (non-hydrogen) atoms. The Morgan fingerprint density at radius 2 is 2.06 bits per heavy atom. The maximum Gasteiger partial charge on any atom is 0.123 e. The van der Waals surface area contributed by atoms with Crippen molar-refractivity contribution in [2.24, 2.45) is 0 Å². The molecule has 0 saturated heterocycles. The standard InChI is InChI=1S/C13H9ClFNS/c14-13-4-2-11(17-13)8-16-6-5-9-7-10(15)1-3-12(9)16/h1-7H,8H2. The minimum absolute atomic E-state index is 0.200. The van der Waals surface area contributed by atoms with Crippen LogP contribution in [0.5, 0.6) is 0 Å². The molecule has 2 aromatic heterocycles. The van der Waals surface area contributed by atoms with Crippen LogP contribution in [0.1, 0.15) is 4.88 Å². The van der Waals surface area contributed by atoms with E-state index in [1.54, 1.807) is 23.5 Å². The van der Waals surface area contributed by atoms with Crippen molar-refractivity contribution in [2.45, 2.75) is 6.54 Å². The summed E-state index contributed by atoms with van der Waals surface area (Å²) >= 11 is 7.47. The van der Waals surface area contributed by atoms with Crippen LogP contribution in [0.4, 0.5) is 4.39 Å². The molecule has 0 fully saturated rings. The highest BCUT2D eigenvalue weighted by molar-refractivity contribution is 7.16. The van der Waals surface area contributed by atoms with Crippen LogP contribution in [0.2, 0.25) is 4.34 Å². The zero-order valence-electron chi connectivity index (χ0n) is 8.86. The van der Waals surface area contributed by atoms with Gasteiger partial charge in [-0.15, -0.1) is 11.3 Å². The van der Waals surface area contributed by atoms with Crippen LogP contribution < -0.4 is 0 Å². The third-order valence-corrected chi connectivity index (χ3v) is 3.90.